The Morgan fingerprint density at radius 2 is 1.73 bits per heavy atom. The highest BCUT2D eigenvalue weighted by atomic mass is 16.5. The maximum Gasteiger partial charge on any atom is 0.165 e. The van der Waals surface area contributed by atoms with E-state index in [9.17, 15) is 4.79 Å². The molecule has 0 amide bonds. The van der Waals surface area contributed by atoms with Crippen LogP contribution in [0.4, 0.5) is 0 Å². The molecule has 22 heavy (non-hydrogen) atoms. The van der Waals surface area contributed by atoms with E-state index in [0.717, 1.165) is 25.2 Å². The van der Waals surface area contributed by atoms with Crippen LogP contribution in [-0.2, 0) is 11.3 Å². The molecular weight excluding hydrogens is 274 g/mol. The van der Waals surface area contributed by atoms with Crippen molar-refractivity contribution >= 4 is 5.78 Å². The molecule has 0 N–H and O–H groups in total. The number of hydrogen-bond donors (Lipinski definition) is 0. The first kappa shape index (κ1) is 14.9. The van der Waals surface area contributed by atoms with Crippen LogP contribution in [0.1, 0.15) is 22.3 Å². The number of ketones is 1. The molecule has 1 aliphatic rings. The van der Waals surface area contributed by atoms with Crippen molar-refractivity contribution in [3.63, 3.8) is 0 Å². The van der Waals surface area contributed by atoms with Gasteiger partial charge in [0.25, 0.3) is 0 Å². The highest BCUT2D eigenvalue weighted by Gasteiger charge is 2.23. The van der Waals surface area contributed by atoms with Crippen molar-refractivity contribution in [1.82, 2.24) is 4.90 Å². The fourth-order valence-electron chi connectivity index (χ4n) is 2.84. The summed E-state index contributed by atoms with van der Waals surface area (Å²) in [7, 11) is 0. The number of rotatable bonds is 5. The monoisotopic (exact) mass is 295 g/mol. The zero-order valence-corrected chi connectivity index (χ0v) is 12.7. The van der Waals surface area contributed by atoms with E-state index in [1.54, 1.807) is 0 Å². The molecule has 3 rings (SSSR count). The highest BCUT2D eigenvalue weighted by molar-refractivity contribution is 5.96. The molecule has 1 atom stereocenters. The van der Waals surface area contributed by atoms with Crippen LogP contribution in [0.2, 0.25) is 0 Å². The van der Waals surface area contributed by atoms with Crippen LogP contribution >= 0.6 is 0 Å². The fourth-order valence-corrected chi connectivity index (χ4v) is 2.84. The van der Waals surface area contributed by atoms with E-state index in [4.69, 9.17) is 4.74 Å². The highest BCUT2D eigenvalue weighted by Crippen LogP contribution is 2.15. The van der Waals surface area contributed by atoms with Gasteiger partial charge in [-0.25, -0.2) is 0 Å². The van der Waals surface area contributed by atoms with E-state index in [1.807, 2.05) is 36.4 Å². The second-order valence-corrected chi connectivity index (χ2v) is 5.71. The van der Waals surface area contributed by atoms with Crippen LogP contribution in [0.25, 0.3) is 0 Å². The molecule has 0 bridgehead atoms. The predicted octanol–water partition coefficient (Wildman–Crippen LogP) is 3.16. The van der Waals surface area contributed by atoms with E-state index >= 15 is 0 Å². The van der Waals surface area contributed by atoms with Crippen LogP contribution in [0.3, 0.4) is 0 Å². The largest absolute Gasteiger partial charge is 0.375 e. The van der Waals surface area contributed by atoms with Gasteiger partial charge >= 0.3 is 0 Å². The second kappa shape index (κ2) is 7.34. The number of hydrogen-bond acceptors (Lipinski definition) is 3. The Kier molecular flexibility index (Phi) is 4.99. The Morgan fingerprint density at radius 1 is 1.05 bits per heavy atom. The van der Waals surface area contributed by atoms with E-state index in [-0.39, 0.29) is 11.9 Å². The number of morpholine rings is 1. The zero-order chi connectivity index (χ0) is 15.2. The SMILES string of the molecule is O=C(C[C@@H]1CN(Cc2ccccc2)CCO1)c1ccccc1. The van der Waals surface area contributed by atoms with Crippen molar-refractivity contribution in [2.24, 2.45) is 0 Å². The second-order valence-electron chi connectivity index (χ2n) is 5.71. The average Bonchev–Trinajstić information content (AvgIpc) is 2.57. The maximum atomic E-state index is 12.3. The molecule has 1 aliphatic heterocycles. The van der Waals surface area contributed by atoms with Gasteiger partial charge in [-0.05, 0) is 5.56 Å². The Labute approximate surface area is 131 Å². The number of Topliss-reactive ketones (excluding diaryl/α,β-unsaturated/α-hetero) is 1. The van der Waals surface area contributed by atoms with Gasteiger partial charge < -0.3 is 4.74 Å². The van der Waals surface area contributed by atoms with Crippen molar-refractivity contribution in [2.75, 3.05) is 19.7 Å². The van der Waals surface area contributed by atoms with E-state index in [1.165, 1.54) is 5.56 Å². The molecular formula is C19H21NO2. The van der Waals surface area contributed by atoms with Crippen molar-refractivity contribution in [3.8, 4) is 0 Å². The Bertz CT molecular complexity index is 597. The van der Waals surface area contributed by atoms with Crippen LogP contribution in [0, 0.1) is 0 Å². The van der Waals surface area contributed by atoms with E-state index in [2.05, 4.69) is 29.2 Å². The lowest BCUT2D eigenvalue weighted by Gasteiger charge is -2.32. The number of carbonyl (C=O) groups excluding carboxylic acids is 1. The lowest BCUT2D eigenvalue weighted by Crippen LogP contribution is -2.42. The van der Waals surface area contributed by atoms with Crippen LogP contribution in [-0.4, -0.2) is 36.5 Å². The Balaban J connectivity index is 1.55. The molecule has 1 fully saturated rings. The van der Waals surface area contributed by atoms with Crippen molar-refractivity contribution < 1.29 is 9.53 Å². The summed E-state index contributed by atoms with van der Waals surface area (Å²) < 4.78 is 5.78. The molecule has 0 radical (unpaired) electrons. The minimum Gasteiger partial charge on any atom is -0.375 e. The van der Waals surface area contributed by atoms with Crippen LogP contribution < -0.4 is 0 Å². The van der Waals surface area contributed by atoms with Gasteiger partial charge in [-0.1, -0.05) is 60.7 Å². The molecule has 0 saturated carbocycles. The topological polar surface area (TPSA) is 29.5 Å². The zero-order valence-electron chi connectivity index (χ0n) is 12.7. The minimum absolute atomic E-state index is 0.00910. The molecule has 114 valence electrons. The smallest absolute Gasteiger partial charge is 0.165 e. The van der Waals surface area contributed by atoms with Gasteiger partial charge in [0.2, 0.25) is 0 Å². The summed E-state index contributed by atoms with van der Waals surface area (Å²) >= 11 is 0. The first-order valence-electron chi connectivity index (χ1n) is 7.77. The third kappa shape index (κ3) is 4.03. The number of carbonyl (C=O) groups is 1. The Morgan fingerprint density at radius 3 is 2.45 bits per heavy atom. The molecule has 0 spiro atoms. The van der Waals surface area contributed by atoms with Crippen molar-refractivity contribution in [3.05, 3.63) is 71.8 Å². The lowest BCUT2D eigenvalue weighted by molar-refractivity contribution is -0.0313. The van der Waals surface area contributed by atoms with Gasteiger partial charge in [0, 0.05) is 31.6 Å². The molecule has 0 unspecified atom stereocenters. The number of benzene rings is 2. The molecule has 1 saturated heterocycles. The van der Waals surface area contributed by atoms with Crippen LogP contribution in [0.5, 0.6) is 0 Å². The summed E-state index contributed by atoms with van der Waals surface area (Å²) in [5.74, 6) is 0.159. The number of ether oxygens (including phenoxy) is 1. The third-order valence-corrected chi connectivity index (χ3v) is 3.98. The first-order chi connectivity index (χ1) is 10.8. The summed E-state index contributed by atoms with van der Waals surface area (Å²) in [6.07, 6.45) is 0.445. The van der Waals surface area contributed by atoms with E-state index < -0.39 is 0 Å². The summed E-state index contributed by atoms with van der Waals surface area (Å²) in [6, 6.07) is 19.9. The molecule has 3 heteroatoms. The van der Waals surface area contributed by atoms with E-state index in [0.29, 0.717) is 13.0 Å². The predicted molar refractivity (Wildman–Crippen MR) is 86.8 cm³/mol. The summed E-state index contributed by atoms with van der Waals surface area (Å²) in [4.78, 5) is 14.6. The van der Waals surface area contributed by atoms with Gasteiger partial charge in [-0.2, -0.15) is 0 Å². The molecule has 1 heterocycles. The van der Waals surface area contributed by atoms with Crippen LogP contribution in [0.15, 0.2) is 60.7 Å². The van der Waals surface area contributed by atoms with Gasteiger partial charge in [0.05, 0.1) is 12.7 Å². The average molecular weight is 295 g/mol. The summed E-state index contributed by atoms with van der Waals surface area (Å²) in [6.45, 7) is 3.35. The molecule has 0 aliphatic carbocycles. The standard InChI is InChI=1S/C19H21NO2/c21-19(17-9-5-2-6-10-17)13-18-15-20(11-12-22-18)14-16-7-3-1-4-8-16/h1-10,18H,11-15H2/t18-/m1/s1. The van der Waals surface area contributed by atoms with Gasteiger partial charge in [-0.3, -0.25) is 9.69 Å². The normalized spacial score (nSPS) is 19.0. The minimum atomic E-state index is -0.00910. The van der Waals surface area contributed by atoms with Crippen molar-refractivity contribution in [2.45, 2.75) is 19.1 Å². The first-order valence-corrected chi connectivity index (χ1v) is 7.77. The van der Waals surface area contributed by atoms with Crippen molar-refractivity contribution in [1.29, 1.82) is 0 Å². The summed E-state index contributed by atoms with van der Waals surface area (Å²) in [5, 5.41) is 0. The van der Waals surface area contributed by atoms with Gasteiger partial charge in [0.1, 0.15) is 0 Å². The fraction of sp³-hybridized carbons (Fsp3) is 0.316. The Hall–Kier alpha value is -1.97. The molecule has 2 aromatic carbocycles. The van der Waals surface area contributed by atoms with Gasteiger partial charge in [0.15, 0.2) is 5.78 Å². The molecule has 2 aromatic rings. The molecule has 3 nitrogen and oxygen atoms in total. The summed E-state index contributed by atoms with van der Waals surface area (Å²) in [5.41, 5.74) is 2.07. The maximum absolute atomic E-state index is 12.3. The lowest BCUT2D eigenvalue weighted by atomic mass is 10.0. The quantitative estimate of drug-likeness (QED) is 0.794. The number of nitrogens with zero attached hydrogens (tertiary/aromatic N) is 1. The third-order valence-electron chi connectivity index (χ3n) is 3.98. The molecule has 0 aromatic heterocycles. The van der Waals surface area contributed by atoms with Gasteiger partial charge in [-0.15, -0.1) is 0 Å².